The van der Waals surface area contributed by atoms with Crippen molar-refractivity contribution in [1.82, 2.24) is 0 Å². The fourth-order valence-corrected chi connectivity index (χ4v) is 2.32. The first-order valence-corrected chi connectivity index (χ1v) is 7.46. The third-order valence-corrected chi connectivity index (χ3v) is 3.63. The lowest BCUT2D eigenvalue weighted by Crippen LogP contribution is -2.14. The molecule has 0 heterocycles. The predicted octanol–water partition coefficient (Wildman–Crippen LogP) is 2.36. The molecule has 0 saturated heterocycles. The summed E-state index contributed by atoms with van der Waals surface area (Å²) in [5.74, 6) is -2.19. The Bertz CT molecular complexity index is 910. The van der Waals surface area contributed by atoms with Crippen LogP contribution in [-0.2, 0) is 4.74 Å². The second-order valence-corrected chi connectivity index (χ2v) is 5.13. The zero-order valence-electron chi connectivity index (χ0n) is 14.6. The van der Waals surface area contributed by atoms with Crippen molar-refractivity contribution in [3.05, 3.63) is 51.6 Å². The Balaban J connectivity index is 2.39. The van der Waals surface area contributed by atoms with Gasteiger partial charge in [0, 0.05) is 6.07 Å². The van der Waals surface area contributed by atoms with Crippen molar-refractivity contribution in [2.45, 2.75) is 0 Å². The number of nitro groups is 1. The molecule has 0 fully saturated rings. The summed E-state index contributed by atoms with van der Waals surface area (Å²) in [6.45, 7) is 0. The molecule has 0 unspecified atom stereocenters. The number of methoxy groups -OCH3 is 3. The molecular weight excluding hydrogens is 360 g/mol. The molecule has 2 aromatic rings. The number of aromatic hydroxyl groups is 1. The number of nitrogens with one attached hydrogen (secondary N) is 1. The number of nitro benzene ring substituents is 1. The molecule has 0 aliphatic rings. The van der Waals surface area contributed by atoms with Gasteiger partial charge in [-0.1, -0.05) is 0 Å². The number of ether oxygens (including phenoxy) is 3. The van der Waals surface area contributed by atoms with Crippen molar-refractivity contribution in [2.24, 2.45) is 0 Å². The van der Waals surface area contributed by atoms with E-state index in [9.17, 15) is 24.8 Å². The van der Waals surface area contributed by atoms with Crippen molar-refractivity contribution in [3.63, 3.8) is 0 Å². The zero-order chi connectivity index (χ0) is 20.1. The zero-order valence-corrected chi connectivity index (χ0v) is 14.6. The highest BCUT2D eigenvalue weighted by Gasteiger charge is 2.25. The van der Waals surface area contributed by atoms with E-state index >= 15 is 0 Å². The maximum Gasteiger partial charge on any atom is 0.337 e. The first-order chi connectivity index (χ1) is 12.8. The fourth-order valence-electron chi connectivity index (χ4n) is 2.32. The number of benzene rings is 2. The Morgan fingerprint density at radius 3 is 2.37 bits per heavy atom. The number of esters is 1. The molecular formula is C17H16N2O8. The third kappa shape index (κ3) is 3.89. The number of phenolic OH excluding ortho intramolecular Hbond substituents is 1. The molecule has 0 saturated carbocycles. The minimum atomic E-state index is -0.798. The Labute approximate surface area is 153 Å². The average molecular weight is 376 g/mol. The average Bonchev–Trinajstić information content (AvgIpc) is 2.66. The molecule has 0 aliphatic heterocycles. The van der Waals surface area contributed by atoms with Gasteiger partial charge < -0.3 is 24.6 Å². The first kappa shape index (κ1) is 19.5. The normalized spacial score (nSPS) is 10.0. The van der Waals surface area contributed by atoms with Crippen LogP contribution in [0.5, 0.6) is 17.2 Å². The third-order valence-electron chi connectivity index (χ3n) is 3.63. The quantitative estimate of drug-likeness (QED) is 0.445. The number of amides is 1. The second kappa shape index (κ2) is 8.04. The highest BCUT2D eigenvalue weighted by Crippen LogP contribution is 2.39. The first-order valence-electron chi connectivity index (χ1n) is 7.46. The van der Waals surface area contributed by atoms with E-state index in [-0.39, 0.29) is 28.3 Å². The van der Waals surface area contributed by atoms with Crippen LogP contribution in [0.2, 0.25) is 0 Å². The van der Waals surface area contributed by atoms with Crippen LogP contribution in [0, 0.1) is 10.1 Å². The topological polar surface area (TPSA) is 137 Å². The van der Waals surface area contributed by atoms with E-state index in [1.807, 2.05) is 0 Å². The van der Waals surface area contributed by atoms with E-state index in [4.69, 9.17) is 9.47 Å². The summed E-state index contributed by atoms with van der Waals surface area (Å²) in [6.07, 6.45) is 0. The summed E-state index contributed by atoms with van der Waals surface area (Å²) < 4.78 is 14.7. The number of rotatable bonds is 6. The summed E-state index contributed by atoms with van der Waals surface area (Å²) in [6, 6.07) is 6.38. The maximum atomic E-state index is 12.6. The highest BCUT2D eigenvalue weighted by atomic mass is 16.6. The number of hydrogen-bond acceptors (Lipinski definition) is 8. The van der Waals surface area contributed by atoms with Gasteiger partial charge in [0.2, 0.25) is 5.75 Å². The number of nitrogens with zero attached hydrogens (tertiary/aromatic N) is 1. The van der Waals surface area contributed by atoms with E-state index in [2.05, 4.69) is 10.1 Å². The van der Waals surface area contributed by atoms with Crippen molar-refractivity contribution in [1.29, 1.82) is 0 Å². The number of carbonyl (C=O) groups excluding carboxylic acids is 2. The van der Waals surface area contributed by atoms with Gasteiger partial charge in [0.1, 0.15) is 5.75 Å². The standard InChI is InChI=1S/C17H16N2O8/c1-25-13-8-9(17(22)27-3)4-6-11(13)18-16(21)10-5-7-12(19(23)24)14(20)15(10)26-2/h4-8,20H,1-3H3,(H,18,21). The summed E-state index contributed by atoms with van der Waals surface area (Å²) in [5.41, 5.74) is -0.268. The van der Waals surface area contributed by atoms with Crippen LogP contribution in [0.25, 0.3) is 0 Å². The summed E-state index contributed by atoms with van der Waals surface area (Å²) in [5, 5.41) is 23.4. The van der Waals surface area contributed by atoms with Crippen LogP contribution in [-0.4, -0.2) is 43.2 Å². The van der Waals surface area contributed by atoms with Crippen LogP contribution < -0.4 is 14.8 Å². The lowest BCUT2D eigenvalue weighted by atomic mass is 10.1. The van der Waals surface area contributed by atoms with Gasteiger partial charge in [-0.3, -0.25) is 14.9 Å². The van der Waals surface area contributed by atoms with Crippen molar-refractivity contribution in [2.75, 3.05) is 26.6 Å². The SMILES string of the molecule is COC(=O)c1ccc(NC(=O)c2ccc([N+](=O)[O-])c(O)c2OC)c(OC)c1. The number of hydrogen-bond donors (Lipinski definition) is 2. The molecule has 0 bridgehead atoms. The Morgan fingerprint density at radius 2 is 1.81 bits per heavy atom. The molecule has 10 nitrogen and oxygen atoms in total. The van der Waals surface area contributed by atoms with E-state index in [0.717, 1.165) is 12.1 Å². The molecule has 27 heavy (non-hydrogen) atoms. The minimum Gasteiger partial charge on any atom is -0.499 e. The summed E-state index contributed by atoms with van der Waals surface area (Å²) in [7, 11) is 3.75. The Morgan fingerprint density at radius 1 is 1.11 bits per heavy atom. The van der Waals surface area contributed by atoms with E-state index in [0.29, 0.717) is 0 Å². The second-order valence-electron chi connectivity index (χ2n) is 5.13. The number of anilines is 1. The predicted molar refractivity (Wildman–Crippen MR) is 93.6 cm³/mol. The van der Waals surface area contributed by atoms with Gasteiger partial charge in [-0.25, -0.2) is 4.79 Å². The molecule has 0 atom stereocenters. The van der Waals surface area contributed by atoms with Gasteiger partial charge in [-0.15, -0.1) is 0 Å². The highest BCUT2D eigenvalue weighted by molar-refractivity contribution is 6.08. The Hall–Kier alpha value is -3.82. The molecule has 0 aromatic heterocycles. The fraction of sp³-hybridized carbons (Fsp3) is 0.176. The van der Waals surface area contributed by atoms with Gasteiger partial charge in [0.15, 0.2) is 5.75 Å². The van der Waals surface area contributed by atoms with Crippen molar-refractivity contribution < 1.29 is 33.8 Å². The van der Waals surface area contributed by atoms with E-state index < -0.39 is 28.2 Å². The minimum absolute atomic E-state index is 0.125. The smallest absolute Gasteiger partial charge is 0.337 e. The van der Waals surface area contributed by atoms with Gasteiger partial charge in [0.05, 0.1) is 43.1 Å². The van der Waals surface area contributed by atoms with Crippen molar-refractivity contribution in [3.8, 4) is 17.2 Å². The molecule has 142 valence electrons. The lowest BCUT2D eigenvalue weighted by Gasteiger charge is -2.13. The molecule has 0 aliphatic carbocycles. The monoisotopic (exact) mass is 376 g/mol. The van der Waals surface area contributed by atoms with E-state index in [1.54, 1.807) is 0 Å². The maximum absolute atomic E-state index is 12.6. The van der Waals surface area contributed by atoms with Crippen LogP contribution in [0.15, 0.2) is 30.3 Å². The molecule has 1 amide bonds. The van der Waals surface area contributed by atoms with Gasteiger partial charge in [-0.05, 0) is 24.3 Å². The molecule has 2 rings (SSSR count). The molecule has 2 aromatic carbocycles. The lowest BCUT2D eigenvalue weighted by molar-refractivity contribution is -0.386. The molecule has 0 spiro atoms. The van der Waals surface area contributed by atoms with Gasteiger partial charge in [0.25, 0.3) is 5.91 Å². The van der Waals surface area contributed by atoms with Gasteiger partial charge >= 0.3 is 11.7 Å². The summed E-state index contributed by atoms with van der Waals surface area (Å²) >= 11 is 0. The van der Waals surface area contributed by atoms with Crippen LogP contribution in [0.4, 0.5) is 11.4 Å². The largest absolute Gasteiger partial charge is 0.499 e. The Kier molecular flexibility index (Phi) is 5.81. The van der Waals surface area contributed by atoms with Crippen LogP contribution in [0.3, 0.4) is 0 Å². The molecule has 10 heteroatoms. The van der Waals surface area contributed by atoms with E-state index in [1.165, 1.54) is 39.5 Å². The molecule has 2 N–H and O–H groups in total. The van der Waals surface area contributed by atoms with Gasteiger partial charge in [-0.2, -0.15) is 0 Å². The van der Waals surface area contributed by atoms with Crippen LogP contribution in [0.1, 0.15) is 20.7 Å². The summed E-state index contributed by atoms with van der Waals surface area (Å²) in [4.78, 5) is 34.2. The van der Waals surface area contributed by atoms with Crippen molar-refractivity contribution >= 4 is 23.3 Å². The number of phenols is 1. The molecule has 0 radical (unpaired) electrons. The number of carbonyl (C=O) groups is 2. The van der Waals surface area contributed by atoms with Crippen LogP contribution >= 0.6 is 0 Å².